The Morgan fingerprint density at radius 3 is 1.41 bits per heavy atom. The molecule has 0 aromatic carbocycles. The summed E-state index contributed by atoms with van der Waals surface area (Å²) in [4.78, 5) is 0. The summed E-state index contributed by atoms with van der Waals surface area (Å²) in [5.74, 6) is 0.482. The van der Waals surface area contributed by atoms with Gasteiger partial charge in [-0.3, -0.25) is 0 Å². The summed E-state index contributed by atoms with van der Waals surface area (Å²) in [5, 5.41) is 0. The van der Waals surface area contributed by atoms with Crippen LogP contribution in [0.25, 0.3) is 0 Å². The molecule has 0 aliphatic rings. The van der Waals surface area contributed by atoms with E-state index in [1.807, 2.05) is 0 Å². The zero-order chi connectivity index (χ0) is 14.1. The third-order valence-electron chi connectivity index (χ3n) is 3.42. The van der Waals surface area contributed by atoms with Crippen molar-refractivity contribution in [1.29, 1.82) is 0 Å². The smallest absolute Gasteiger partial charge is 0.0891 e. The zero-order valence-corrected chi connectivity index (χ0v) is 13.5. The largest absolute Gasteiger partial charge is 0.369 e. The Balaban J connectivity index is 4.65. The van der Waals surface area contributed by atoms with Gasteiger partial charge in [0, 0.05) is 0 Å². The van der Waals surface area contributed by atoms with Crippen molar-refractivity contribution >= 4 is 0 Å². The van der Waals surface area contributed by atoms with Crippen molar-refractivity contribution < 1.29 is 9.47 Å². The van der Waals surface area contributed by atoms with Crippen LogP contribution in [0, 0.1) is 5.92 Å². The minimum atomic E-state index is -0.287. The minimum absolute atomic E-state index is 0.0547. The second kappa shape index (κ2) is 5.27. The number of hydrogen-bond acceptors (Lipinski definition) is 2. The van der Waals surface area contributed by atoms with Crippen molar-refractivity contribution in [2.24, 2.45) is 5.92 Å². The third kappa shape index (κ3) is 5.87. The highest BCUT2D eigenvalue weighted by molar-refractivity contribution is 4.84. The van der Waals surface area contributed by atoms with Crippen LogP contribution in [0.1, 0.15) is 69.2 Å². The van der Waals surface area contributed by atoms with Crippen molar-refractivity contribution in [3.8, 4) is 0 Å². The van der Waals surface area contributed by atoms with Gasteiger partial charge in [-0.15, -0.1) is 0 Å². The van der Waals surface area contributed by atoms with E-state index in [1.165, 1.54) is 0 Å². The highest BCUT2D eigenvalue weighted by Crippen LogP contribution is 2.30. The molecular formula is C15H32O2. The first-order valence-corrected chi connectivity index (χ1v) is 6.66. The van der Waals surface area contributed by atoms with E-state index in [0.29, 0.717) is 5.92 Å². The van der Waals surface area contributed by atoms with E-state index in [-0.39, 0.29) is 22.9 Å². The molecule has 2 heteroatoms. The lowest BCUT2D eigenvalue weighted by molar-refractivity contribution is -0.209. The normalized spacial score (nSPS) is 16.4. The summed E-state index contributed by atoms with van der Waals surface area (Å²) < 4.78 is 12.3. The molecule has 1 unspecified atom stereocenters. The summed E-state index contributed by atoms with van der Waals surface area (Å²) in [6.07, 6.45) is 0.0547. The number of ether oxygens (including phenoxy) is 2. The van der Waals surface area contributed by atoms with Crippen LogP contribution in [-0.4, -0.2) is 22.9 Å². The molecule has 0 rings (SSSR count). The fourth-order valence-electron chi connectivity index (χ4n) is 1.61. The van der Waals surface area contributed by atoms with E-state index >= 15 is 0 Å². The highest BCUT2D eigenvalue weighted by atomic mass is 16.6. The van der Waals surface area contributed by atoms with Crippen LogP contribution >= 0.6 is 0 Å². The SMILES string of the molecule is CC(C)C(C)(C)OC(C)C(C)(C)OC(C)(C)C. The van der Waals surface area contributed by atoms with Gasteiger partial charge in [-0.25, -0.2) is 0 Å². The maximum absolute atomic E-state index is 6.18. The van der Waals surface area contributed by atoms with Gasteiger partial charge in [-0.2, -0.15) is 0 Å². The highest BCUT2D eigenvalue weighted by Gasteiger charge is 2.36. The summed E-state index contributed by atoms with van der Waals surface area (Å²) >= 11 is 0. The van der Waals surface area contributed by atoms with E-state index in [0.717, 1.165) is 0 Å². The molecule has 0 aliphatic heterocycles. The zero-order valence-electron chi connectivity index (χ0n) is 13.5. The molecule has 0 spiro atoms. The molecule has 0 radical (unpaired) electrons. The molecular weight excluding hydrogens is 212 g/mol. The average Bonchev–Trinajstić information content (AvgIpc) is 1.97. The second-order valence-electron chi connectivity index (χ2n) is 7.34. The van der Waals surface area contributed by atoms with Gasteiger partial charge in [0.05, 0.1) is 22.9 Å². The van der Waals surface area contributed by atoms with Crippen LogP contribution in [-0.2, 0) is 9.47 Å². The van der Waals surface area contributed by atoms with Crippen LogP contribution in [0.3, 0.4) is 0 Å². The molecule has 0 amide bonds. The Bertz CT molecular complexity index is 234. The lowest BCUT2D eigenvalue weighted by atomic mass is 9.92. The molecule has 17 heavy (non-hydrogen) atoms. The topological polar surface area (TPSA) is 18.5 Å². The molecule has 0 aromatic heterocycles. The van der Waals surface area contributed by atoms with Gasteiger partial charge in [0.2, 0.25) is 0 Å². The van der Waals surface area contributed by atoms with E-state index in [4.69, 9.17) is 9.47 Å². The van der Waals surface area contributed by atoms with E-state index in [9.17, 15) is 0 Å². The summed E-state index contributed by atoms with van der Waals surface area (Å²) in [5.41, 5.74) is -0.564. The maximum Gasteiger partial charge on any atom is 0.0891 e. The van der Waals surface area contributed by atoms with Crippen molar-refractivity contribution in [3.63, 3.8) is 0 Å². The molecule has 0 aliphatic carbocycles. The van der Waals surface area contributed by atoms with Crippen LogP contribution in [0.15, 0.2) is 0 Å². The number of rotatable bonds is 5. The molecule has 1 atom stereocenters. The Morgan fingerprint density at radius 1 is 0.706 bits per heavy atom. The fraction of sp³-hybridized carbons (Fsp3) is 1.00. The van der Waals surface area contributed by atoms with Crippen LogP contribution in [0.4, 0.5) is 0 Å². The molecule has 0 N–H and O–H groups in total. The molecule has 0 heterocycles. The van der Waals surface area contributed by atoms with Gasteiger partial charge >= 0.3 is 0 Å². The van der Waals surface area contributed by atoms with Crippen molar-refractivity contribution in [3.05, 3.63) is 0 Å². The first kappa shape index (κ1) is 16.9. The molecule has 0 saturated heterocycles. The molecule has 2 nitrogen and oxygen atoms in total. The lowest BCUT2D eigenvalue weighted by Crippen LogP contribution is -2.48. The Kier molecular flexibility index (Phi) is 5.25. The van der Waals surface area contributed by atoms with Gasteiger partial charge in [0.25, 0.3) is 0 Å². The van der Waals surface area contributed by atoms with Gasteiger partial charge < -0.3 is 9.47 Å². The predicted molar refractivity (Wildman–Crippen MR) is 74.4 cm³/mol. The molecule has 104 valence electrons. The van der Waals surface area contributed by atoms with Gasteiger partial charge in [0.15, 0.2) is 0 Å². The average molecular weight is 244 g/mol. The maximum atomic E-state index is 6.18. The Morgan fingerprint density at radius 2 is 1.12 bits per heavy atom. The van der Waals surface area contributed by atoms with Crippen molar-refractivity contribution in [1.82, 2.24) is 0 Å². The fourth-order valence-corrected chi connectivity index (χ4v) is 1.61. The van der Waals surface area contributed by atoms with Gasteiger partial charge in [-0.05, 0) is 61.3 Å². The van der Waals surface area contributed by atoms with E-state index in [1.54, 1.807) is 0 Å². The first-order valence-electron chi connectivity index (χ1n) is 6.66. The van der Waals surface area contributed by atoms with Crippen molar-refractivity contribution in [2.75, 3.05) is 0 Å². The Labute approximate surface area is 108 Å². The molecule has 0 fully saturated rings. The summed E-state index contributed by atoms with van der Waals surface area (Å²) in [7, 11) is 0. The molecule has 0 saturated carbocycles. The van der Waals surface area contributed by atoms with Gasteiger partial charge in [0.1, 0.15) is 0 Å². The third-order valence-corrected chi connectivity index (χ3v) is 3.42. The summed E-state index contributed by atoms with van der Waals surface area (Å²) in [6.45, 7) is 21.2. The lowest BCUT2D eigenvalue weighted by Gasteiger charge is -2.42. The van der Waals surface area contributed by atoms with Crippen LogP contribution in [0.2, 0.25) is 0 Å². The van der Waals surface area contributed by atoms with Gasteiger partial charge in [-0.1, -0.05) is 13.8 Å². The second-order valence-corrected chi connectivity index (χ2v) is 7.34. The Hall–Kier alpha value is -0.0800. The van der Waals surface area contributed by atoms with Crippen LogP contribution < -0.4 is 0 Å². The quantitative estimate of drug-likeness (QED) is 0.712. The minimum Gasteiger partial charge on any atom is -0.369 e. The molecule has 0 bridgehead atoms. The predicted octanol–water partition coefficient (Wildman–Crippen LogP) is 4.42. The van der Waals surface area contributed by atoms with E-state index in [2.05, 4.69) is 69.2 Å². The first-order chi connectivity index (χ1) is 7.28. The monoisotopic (exact) mass is 244 g/mol. The van der Waals surface area contributed by atoms with Crippen LogP contribution in [0.5, 0.6) is 0 Å². The molecule has 0 aromatic rings. The van der Waals surface area contributed by atoms with E-state index < -0.39 is 0 Å². The number of hydrogen-bond donors (Lipinski definition) is 0. The standard InChI is InChI=1S/C15H32O2/c1-11(2)14(7,8)16-12(3)15(9,10)17-13(4,5)6/h11-12H,1-10H3. The van der Waals surface area contributed by atoms with Crippen molar-refractivity contribution in [2.45, 2.75) is 92.1 Å². The summed E-state index contributed by atoms with van der Waals surface area (Å²) in [6, 6.07) is 0.